The van der Waals surface area contributed by atoms with Gasteiger partial charge in [-0.25, -0.2) is 9.59 Å². The van der Waals surface area contributed by atoms with E-state index in [9.17, 15) is 14.7 Å². The Kier molecular flexibility index (Phi) is 4.29. The van der Waals surface area contributed by atoms with Gasteiger partial charge in [-0.1, -0.05) is 0 Å². The van der Waals surface area contributed by atoms with E-state index in [1.165, 1.54) is 17.7 Å². The van der Waals surface area contributed by atoms with Crippen molar-refractivity contribution >= 4 is 12.0 Å². The largest absolute Gasteiger partial charge is 0.480 e. The van der Waals surface area contributed by atoms with Crippen LogP contribution in [0.4, 0.5) is 4.79 Å². The Hall–Kier alpha value is -1.30. The maximum absolute atomic E-state index is 12.6. The van der Waals surface area contributed by atoms with Crippen LogP contribution >= 0.6 is 0 Å². The Bertz CT molecular complexity index is 355. The molecule has 6 nitrogen and oxygen atoms in total. The SMILES string of the molecule is CC(C)N(CC1CC1)C(=O)N1CCOCC1C(=O)O. The van der Waals surface area contributed by atoms with Gasteiger partial charge in [0.2, 0.25) is 0 Å². The lowest BCUT2D eigenvalue weighted by Crippen LogP contribution is -2.58. The predicted molar refractivity (Wildman–Crippen MR) is 68.9 cm³/mol. The molecule has 0 spiro atoms. The highest BCUT2D eigenvalue weighted by molar-refractivity contribution is 5.83. The fourth-order valence-electron chi connectivity index (χ4n) is 2.29. The molecule has 0 radical (unpaired) electrons. The normalized spacial score (nSPS) is 23.5. The number of aliphatic carboxylic acids is 1. The van der Waals surface area contributed by atoms with Crippen LogP contribution in [0.2, 0.25) is 0 Å². The van der Waals surface area contributed by atoms with Gasteiger partial charge in [-0.05, 0) is 32.6 Å². The third-order valence-electron chi connectivity index (χ3n) is 3.68. The zero-order chi connectivity index (χ0) is 14.0. The minimum absolute atomic E-state index is 0.0798. The summed E-state index contributed by atoms with van der Waals surface area (Å²) in [6.07, 6.45) is 2.34. The van der Waals surface area contributed by atoms with Crippen molar-refractivity contribution in [3.05, 3.63) is 0 Å². The topological polar surface area (TPSA) is 70.1 Å². The van der Waals surface area contributed by atoms with Crippen LogP contribution in [-0.4, -0.2) is 65.3 Å². The van der Waals surface area contributed by atoms with Crippen molar-refractivity contribution < 1.29 is 19.4 Å². The fraction of sp³-hybridized carbons (Fsp3) is 0.846. The summed E-state index contributed by atoms with van der Waals surface area (Å²) in [7, 11) is 0. The summed E-state index contributed by atoms with van der Waals surface area (Å²) in [6.45, 7) is 5.51. The minimum atomic E-state index is -0.997. The van der Waals surface area contributed by atoms with Crippen molar-refractivity contribution in [3.63, 3.8) is 0 Å². The lowest BCUT2D eigenvalue weighted by Gasteiger charge is -2.38. The van der Waals surface area contributed by atoms with Gasteiger partial charge in [0.25, 0.3) is 0 Å². The minimum Gasteiger partial charge on any atom is -0.480 e. The molecule has 0 aromatic heterocycles. The van der Waals surface area contributed by atoms with E-state index in [0.29, 0.717) is 19.1 Å². The van der Waals surface area contributed by atoms with Crippen molar-refractivity contribution in [2.45, 2.75) is 38.8 Å². The van der Waals surface area contributed by atoms with Crippen LogP contribution in [0.3, 0.4) is 0 Å². The number of nitrogens with zero attached hydrogens (tertiary/aromatic N) is 2. The molecule has 6 heteroatoms. The molecule has 2 aliphatic rings. The Morgan fingerprint density at radius 1 is 1.42 bits per heavy atom. The first-order valence-corrected chi connectivity index (χ1v) is 6.88. The molecular formula is C13H22N2O4. The predicted octanol–water partition coefficient (Wildman–Crippen LogP) is 1.01. The average molecular weight is 270 g/mol. The van der Waals surface area contributed by atoms with Gasteiger partial charge < -0.3 is 19.6 Å². The van der Waals surface area contributed by atoms with Crippen molar-refractivity contribution in [3.8, 4) is 0 Å². The molecule has 0 bridgehead atoms. The Labute approximate surface area is 113 Å². The van der Waals surface area contributed by atoms with Crippen LogP contribution in [0.1, 0.15) is 26.7 Å². The summed E-state index contributed by atoms with van der Waals surface area (Å²) >= 11 is 0. The highest BCUT2D eigenvalue weighted by atomic mass is 16.5. The number of rotatable bonds is 4. The maximum atomic E-state index is 12.6. The number of amides is 2. The molecule has 2 amide bonds. The molecule has 1 heterocycles. The number of carbonyl (C=O) groups excluding carboxylic acids is 1. The lowest BCUT2D eigenvalue weighted by atomic mass is 10.2. The molecule has 1 atom stereocenters. The Balaban J connectivity index is 2.06. The first-order valence-electron chi connectivity index (χ1n) is 6.88. The number of ether oxygens (including phenoxy) is 1. The average Bonchev–Trinajstić information content (AvgIpc) is 3.18. The van der Waals surface area contributed by atoms with Gasteiger partial charge >= 0.3 is 12.0 Å². The van der Waals surface area contributed by atoms with E-state index in [1.807, 2.05) is 13.8 Å². The molecule has 2 fully saturated rings. The first kappa shape index (κ1) is 14.1. The van der Waals surface area contributed by atoms with Crippen molar-refractivity contribution in [1.29, 1.82) is 0 Å². The van der Waals surface area contributed by atoms with Crippen molar-refractivity contribution in [2.75, 3.05) is 26.3 Å². The molecule has 2 rings (SSSR count). The van der Waals surface area contributed by atoms with Crippen LogP contribution in [0.5, 0.6) is 0 Å². The van der Waals surface area contributed by atoms with Crippen LogP contribution in [0, 0.1) is 5.92 Å². The zero-order valence-electron chi connectivity index (χ0n) is 11.5. The lowest BCUT2D eigenvalue weighted by molar-refractivity contribution is -0.147. The van der Waals surface area contributed by atoms with E-state index >= 15 is 0 Å². The van der Waals surface area contributed by atoms with E-state index in [4.69, 9.17) is 4.74 Å². The summed E-state index contributed by atoms with van der Waals surface area (Å²) in [4.78, 5) is 27.0. The first-order chi connectivity index (χ1) is 9.00. The number of carboxylic acid groups (broad SMARTS) is 1. The number of carboxylic acids is 1. The van der Waals surface area contributed by atoms with Gasteiger partial charge in [-0.3, -0.25) is 0 Å². The molecule has 0 aromatic rings. The quantitative estimate of drug-likeness (QED) is 0.827. The fourth-order valence-corrected chi connectivity index (χ4v) is 2.29. The molecular weight excluding hydrogens is 248 g/mol. The Morgan fingerprint density at radius 2 is 2.11 bits per heavy atom. The molecule has 108 valence electrons. The van der Waals surface area contributed by atoms with Gasteiger partial charge in [0, 0.05) is 19.1 Å². The third kappa shape index (κ3) is 3.37. The van der Waals surface area contributed by atoms with E-state index in [2.05, 4.69) is 0 Å². The molecule has 1 unspecified atom stereocenters. The zero-order valence-corrected chi connectivity index (χ0v) is 11.5. The highest BCUT2D eigenvalue weighted by Gasteiger charge is 2.37. The number of urea groups is 1. The van der Waals surface area contributed by atoms with Gasteiger partial charge in [0.15, 0.2) is 6.04 Å². The highest BCUT2D eigenvalue weighted by Crippen LogP contribution is 2.30. The standard InChI is InChI=1S/C13H22N2O4/c1-9(2)15(7-10-3-4-10)13(18)14-5-6-19-8-11(14)12(16)17/h9-11H,3-8H2,1-2H3,(H,16,17). The molecule has 1 saturated carbocycles. The number of hydrogen-bond acceptors (Lipinski definition) is 3. The van der Waals surface area contributed by atoms with Crippen LogP contribution in [0.25, 0.3) is 0 Å². The molecule has 1 aliphatic carbocycles. The summed E-state index contributed by atoms with van der Waals surface area (Å²) in [5, 5.41) is 9.18. The summed E-state index contributed by atoms with van der Waals surface area (Å²) < 4.78 is 5.16. The maximum Gasteiger partial charge on any atom is 0.328 e. The van der Waals surface area contributed by atoms with E-state index in [-0.39, 0.29) is 18.7 Å². The second-order valence-electron chi connectivity index (χ2n) is 5.59. The summed E-state index contributed by atoms with van der Waals surface area (Å²) in [6, 6.07) is -0.940. The summed E-state index contributed by atoms with van der Waals surface area (Å²) in [5.74, 6) is -0.404. The molecule has 1 N–H and O–H groups in total. The van der Waals surface area contributed by atoms with Crippen LogP contribution in [-0.2, 0) is 9.53 Å². The van der Waals surface area contributed by atoms with Gasteiger partial charge in [-0.2, -0.15) is 0 Å². The Morgan fingerprint density at radius 3 is 2.63 bits per heavy atom. The van der Waals surface area contributed by atoms with E-state index in [0.717, 1.165) is 6.54 Å². The van der Waals surface area contributed by atoms with Crippen molar-refractivity contribution in [2.24, 2.45) is 5.92 Å². The number of carbonyl (C=O) groups is 2. The second-order valence-corrected chi connectivity index (χ2v) is 5.59. The molecule has 19 heavy (non-hydrogen) atoms. The van der Waals surface area contributed by atoms with Gasteiger partial charge in [0.1, 0.15) is 0 Å². The van der Waals surface area contributed by atoms with Gasteiger partial charge in [-0.15, -0.1) is 0 Å². The molecule has 0 aromatic carbocycles. The second kappa shape index (κ2) is 5.77. The van der Waals surface area contributed by atoms with Crippen LogP contribution < -0.4 is 0 Å². The number of morpholine rings is 1. The van der Waals surface area contributed by atoms with Gasteiger partial charge in [0.05, 0.1) is 13.2 Å². The van der Waals surface area contributed by atoms with E-state index in [1.54, 1.807) is 4.90 Å². The molecule has 1 aliphatic heterocycles. The van der Waals surface area contributed by atoms with Crippen molar-refractivity contribution in [1.82, 2.24) is 9.80 Å². The van der Waals surface area contributed by atoms with Crippen LogP contribution in [0.15, 0.2) is 0 Å². The monoisotopic (exact) mass is 270 g/mol. The summed E-state index contributed by atoms with van der Waals surface area (Å²) in [5.41, 5.74) is 0. The third-order valence-corrected chi connectivity index (χ3v) is 3.68. The van der Waals surface area contributed by atoms with E-state index < -0.39 is 12.0 Å². The molecule has 1 saturated heterocycles. The smallest absolute Gasteiger partial charge is 0.328 e. The number of hydrogen-bond donors (Lipinski definition) is 1.